The van der Waals surface area contributed by atoms with Gasteiger partial charge in [-0.25, -0.2) is 4.98 Å². The monoisotopic (exact) mass is 272 g/mol. The first-order valence-electron chi connectivity index (χ1n) is 6.23. The first kappa shape index (κ1) is 12.5. The predicted molar refractivity (Wildman–Crippen MR) is 67.6 cm³/mol. The molecule has 0 bridgehead atoms. The number of rotatable bonds is 3. The van der Waals surface area contributed by atoms with Gasteiger partial charge in [0.15, 0.2) is 0 Å². The molecule has 1 N–H and O–H groups in total. The first-order chi connectivity index (χ1) is 9.75. The second kappa shape index (κ2) is 5.20. The minimum atomic E-state index is -0.849. The van der Waals surface area contributed by atoms with Gasteiger partial charge in [-0.2, -0.15) is 4.98 Å². The number of carboxylic acid groups (broad SMARTS) is 1. The Balaban J connectivity index is 1.90. The van der Waals surface area contributed by atoms with Crippen molar-refractivity contribution in [1.82, 2.24) is 20.1 Å². The van der Waals surface area contributed by atoms with Crippen LogP contribution in [0.25, 0.3) is 11.5 Å². The summed E-state index contributed by atoms with van der Waals surface area (Å²) in [6, 6.07) is 0. The summed E-state index contributed by atoms with van der Waals surface area (Å²) < 4.78 is 5.21. The molecular weight excluding hydrogens is 260 g/mol. The van der Waals surface area contributed by atoms with Crippen LogP contribution >= 0.6 is 0 Å². The molecule has 1 aliphatic rings. The summed E-state index contributed by atoms with van der Waals surface area (Å²) >= 11 is 0. The molecule has 7 heteroatoms. The molecule has 0 fully saturated rings. The minimum Gasteiger partial charge on any atom is -0.481 e. The van der Waals surface area contributed by atoms with Gasteiger partial charge in [0.25, 0.3) is 0 Å². The SMILES string of the molecule is O=C(O)C1CC=CCC1c1nc(-c2cnccn2)no1. The van der Waals surface area contributed by atoms with Crippen LogP contribution in [0.5, 0.6) is 0 Å². The lowest BCUT2D eigenvalue weighted by atomic mass is 9.83. The van der Waals surface area contributed by atoms with Crippen molar-refractivity contribution in [2.45, 2.75) is 18.8 Å². The van der Waals surface area contributed by atoms with Crippen LogP contribution in [-0.2, 0) is 4.79 Å². The molecule has 0 spiro atoms. The van der Waals surface area contributed by atoms with Crippen LogP contribution in [0.4, 0.5) is 0 Å². The van der Waals surface area contributed by atoms with E-state index in [1.54, 1.807) is 6.20 Å². The van der Waals surface area contributed by atoms with E-state index in [0.29, 0.717) is 30.3 Å². The molecule has 102 valence electrons. The van der Waals surface area contributed by atoms with Crippen molar-refractivity contribution in [3.05, 3.63) is 36.6 Å². The predicted octanol–water partition coefficient (Wildman–Crippen LogP) is 1.66. The molecule has 2 aromatic heterocycles. The quantitative estimate of drug-likeness (QED) is 0.847. The number of allylic oxidation sites excluding steroid dienone is 2. The Labute approximate surface area is 114 Å². The summed E-state index contributed by atoms with van der Waals surface area (Å²) in [4.78, 5) is 23.5. The summed E-state index contributed by atoms with van der Waals surface area (Å²) in [7, 11) is 0. The second-order valence-electron chi connectivity index (χ2n) is 4.54. The number of carbonyl (C=O) groups is 1. The molecule has 20 heavy (non-hydrogen) atoms. The third kappa shape index (κ3) is 2.29. The average molecular weight is 272 g/mol. The standard InChI is InChI=1S/C13H12N4O3/c18-13(19)9-4-2-1-3-8(9)12-16-11(17-20-12)10-7-14-5-6-15-10/h1-2,5-9H,3-4H2,(H,18,19). The van der Waals surface area contributed by atoms with Crippen LogP contribution < -0.4 is 0 Å². The Kier molecular flexibility index (Phi) is 3.24. The van der Waals surface area contributed by atoms with E-state index in [9.17, 15) is 9.90 Å². The third-order valence-corrected chi connectivity index (χ3v) is 3.30. The fourth-order valence-electron chi connectivity index (χ4n) is 2.26. The number of hydrogen-bond acceptors (Lipinski definition) is 6. The Morgan fingerprint density at radius 3 is 2.90 bits per heavy atom. The fraction of sp³-hybridized carbons (Fsp3) is 0.308. The second-order valence-corrected chi connectivity index (χ2v) is 4.54. The zero-order valence-electron chi connectivity index (χ0n) is 10.5. The molecular formula is C13H12N4O3. The Morgan fingerprint density at radius 1 is 1.30 bits per heavy atom. The smallest absolute Gasteiger partial charge is 0.307 e. The summed E-state index contributed by atoms with van der Waals surface area (Å²) in [5.74, 6) is -1.02. The fourth-order valence-corrected chi connectivity index (χ4v) is 2.26. The number of aromatic nitrogens is 4. The highest BCUT2D eigenvalue weighted by atomic mass is 16.5. The van der Waals surface area contributed by atoms with Crippen molar-refractivity contribution in [3.8, 4) is 11.5 Å². The third-order valence-electron chi connectivity index (χ3n) is 3.30. The van der Waals surface area contributed by atoms with Crippen LogP contribution in [0.3, 0.4) is 0 Å². The van der Waals surface area contributed by atoms with E-state index < -0.39 is 11.9 Å². The Hall–Kier alpha value is -2.57. The van der Waals surface area contributed by atoms with Gasteiger partial charge in [0, 0.05) is 12.4 Å². The molecule has 0 aliphatic heterocycles. The van der Waals surface area contributed by atoms with Crippen LogP contribution in [0, 0.1) is 5.92 Å². The normalized spacial score (nSPS) is 21.8. The van der Waals surface area contributed by atoms with E-state index in [0.717, 1.165) is 0 Å². The van der Waals surface area contributed by atoms with Gasteiger partial charge in [0.2, 0.25) is 11.7 Å². The van der Waals surface area contributed by atoms with Gasteiger partial charge in [-0.05, 0) is 12.8 Å². The average Bonchev–Trinajstić information content (AvgIpc) is 2.98. The maximum atomic E-state index is 11.3. The Morgan fingerprint density at radius 2 is 2.15 bits per heavy atom. The lowest BCUT2D eigenvalue weighted by molar-refractivity contribution is -0.142. The van der Waals surface area contributed by atoms with Crippen molar-refractivity contribution in [2.75, 3.05) is 0 Å². The largest absolute Gasteiger partial charge is 0.481 e. The Bertz CT molecular complexity index is 638. The number of nitrogens with zero attached hydrogens (tertiary/aromatic N) is 4. The van der Waals surface area contributed by atoms with Gasteiger partial charge in [0.1, 0.15) is 5.69 Å². The van der Waals surface area contributed by atoms with E-state index in [1.807, 2.05) is 12.2 Å². The van der Waals surface area contributed by atoms with Gasteiger partial charge in [-0.3, -0.25) is 9.78 Å². The van der Waals surface area contributed by atoms with E-state index in [4.69, 9.17) is 4.52 Å². The molecule has 0 saturated carbocycles. The molecule has 2 aromatic rings. The van der Waals surface area contributed by atoms with Crippen molar-refractivity contribution < 1.29 is 14.4 Å². The van der Waals surface area contributed by atoms with Crippen molar-refractivity contribution >= 4 is 5.97 Å². The highest BCUT2D eigenvalue weighted by molar-refractivity contribution is 5.71. The van der Waals surface area contributed by atoms with Crippen LogP contribution in [0.15, 0.2) is 35.3 Å². The van der Waals surface area contributed by atoms with E-state index in [-0.39, 0.29) is 5.92 Å². The summed E-state index contributed by atoms with van der Waals surface area (Å²) in [5, 5.41) is 13.1. The molecule has 2 heterocycles. The molecule has 2 unspecified atom stereocenters. The van der Waals surface area contributed by atoms with Crippen LogP contribution in [0.1, 0.15) is 24.7 Å². The molecule has 7 nitrogen and oxygen atoms in total. The van der Waals surface area contributed by atoms with Crippen LogP contribution in [0.2, 0.25) is 0 Å². The van der Waals surface area contributed by atoms with Gasteiger partial charge < -0.3 is 9.63 Å². The van der Waals surface area contributed by atoms with Gasteiger partial charge in [-0.1, -0.05) is 17.3 Å². The lowest BCUT2D eigenvalue weighted by Gasteiger charge is -2.21. The van der Waals surface area contributed by atoms with Crippen LogP contribution in [-0.4, -0.2) is 31.2 Å². The summed E-state index contributed by atoms with van der Waals surface area (Å²) in [6.07, 6.45) is 9.49. The molecule has 1 aliphatic carbocycles. The minimum absolute atomic E-state index is 0.296. The zero-order chi connectivity index (χ0) is 13.9. The van der Waals surface area contributed by atoms with Crippen molar-refractivity contribution in [1.29, 1.82) is 0 Å². The summed E-state index contributed by atoms with van der Waals surface area (Å²) in [6.45, 7) is 0. The van der Waals surface area contributed by atoms with Gasteiger partial charge in [0.05, 0.1) is 18.0 Å². The highest BCUT2D eigenvalue weighted by Crippen LogP contribution is 2.34. The molecule has 2 atom stereocenters. The number of hydrogen-bond donors (Lipinski definition) is 1. The van der Waals surface area contributed by atoms with Crippen molar-refractivity contribution in [3.63, 3.8) is 0 Å². The number of carboxylic acids is 1. The first-order valence-corrected chi connectivity index (χ1v) is 6.23. The maximum Gasteiger partial charge on any atom is 0.307 e. The molecule has 0 aromatic carbocycles. The van der Waals surface area contributed by atoms with Gasteiger partial charge in [-0.15, -0.1) is 0 Å². The zero-order valence-corrected chi connectivity index (χ0v) is 10.5. The van der Waals surface area contributed by atoms with E-state index >= 15 is 0 Å². The molecule has 0 radical (unpaired) electrons. The topological polar surface area (TPSA) is 102 Å². The molecule has 0 saturated heterocycles. The lowest BCUT2D eigenvalue weighted by Crippen LogP contribution is -2.23. The van der Waals surface area contributed by atoms with Gasteiger partial charge >= 0.3 is 5.97 Å². The summed E-state index contributed by atoms with van der Waals surface area (Å²) in [5.41, 5.74) is 0.501. The van der Waals surface area contributed by atoms with E-state index in [1.165, 1.54) is 12.4 Å². The van der Waals surface area contributed by atoms with E-state index in [2.05, 4.69) is 20.1 Å². The maximum absolute atomic E-state index is 11.3. The molecule has 0 amide bonds. The number of aliphatic carboxylic acids is 1. The van der Waals surface area contributed by atoms with Crippen molar-refractivity contribution in [2.24, 2.45) is 5.92 Å². The highest BCUT2D eigenvalue weighted by Gasteiger charge is 2.34. The molecule has 3 rings (SSSR count).